The van der Waals surface area contributed by atoms with Crippen LogP contribution in [0.3, 0.4) is 0 Å². The smallest absolute Gasteiger partial charge is 0.341 e. The first-order chi connectivity index (χ1) is 17.0. The largest absolute Gasteiger partial charge is 0.463 e. The number of furan rings is 1. The van der Waals surface area contributed by atoms with Crippen molar-refractivity contribution < 1.29 is 9.21 Å². The second kappa shape index (κ2) is 8.43. The van der Waals surface area contributed by atoms with Gasteiger partial charge in [0.05, 0.1) is 6.26 Å². The number of rotatable bonds is 5. The van der Waals surface area contributed by atoms with E-state index in [2.05, 4.69) is 46.0 Å². The van der Waals surface area contributed by atoms with Gasteiger partial charge in [-0.25, -0.2) is 35.6 Å². The molecule has 1 atom stereocenters. The van der Waals surface area contributed by atoms with Gasteiger partial charge in [0.25, 0.3) is 0 Å². The van der Waals surface area contributed by atoms with Gasteiger partial charge >= 0.3 is 6.03 Å². The highest BCUT2D eigenvalue weighted by atomic mass is 16.3. The summed E-state index contributed by atoms with van der Waals surface area (Å²) in [5.74, 6) is 7.31. The number of aliphatic imine (C=N–C) groups is 2. The lowest BCUT2D eigenvalue weighted by atomic mass is 10.2. The number of fused-ring (bicyclic) bond motifs is 3. The van der Waals surface area contributed by atoms with Gasteiger partial charge in [0.15, 0.2) is 11.6 Å². The summed E-state index contributed by atoms with van der Waals surface area (Å²) < 4.78 is 5.59. The predicted molar refractivity (Wildman–Crippen MR) is 133 cm³/mol. The summed E-state index contributed by atoms with van der Waals surface area (Å²) in [5, 5.41) is 4.82. The molecule has 2 aromatic rings. The Kier molecular flexibility index (Phi) is 5.23. The lowest BCUT2D eigenvalue weighted by Gasteiger charge is -2.36. The fourth-order valence-electron chi connectivity index (χ4n) is 5.00. The predicted octanol–water partition coefficient (Wildman–Crippen LogP) is 1.58. The molecular formula is C24H29N9O2. The summed E-state index contributed by atoms with van der Waals surface area (Å²) in [6.45, 7) is 7.29. The summed E-state index contributed by atoms with van der Waals surface area (Å²) in [6.07, 6.45) is 2.62. The average molecular weight is 476 g/mol. The van der Waals surface area contributed by atoms with E-state index < -0.39 is 6.29 Å². The fraction of sp³-hybridized carbons (Fsp3) is 0.375. The molecule has 1 aromatic carbocycles. The molecule has 0 saturated carbocycles. The summed E-state index contributed by atoms with van der Waals surface area (Å²) >= 11 is 0. The number of amides is 2. The number of amidine groups is 1. The highest BCUT2D eigenvalue weighted by molar-refractivity contribution is 6.12. The van der Waals surface area contributed by atoms with Crippen molar-refractivity contribution in [1.29, 1.82) is 0 Å². The molecule has 0 radical (unpaired) electrons. The molecule has 11 nitrogen and oxygen atoms in total. The minimum absolute atomic E-state index is 0.0967. The number of urea groups is 1. The Bertz CT molecular complexity index is 1200. The van der Waals surface area contributed by atoms with Gasteiger partial charge in [0, 0.05) is 52.0 Å². The monoisotopic (exact) mass is 475 g/mol. The van der Waals surface area contributed by atoms with Crippen molar-refractivity contribution in [1.82, 2.24) is 24.8 Å². The van der Waals surface area contributed by atoms with Crippen LogP contribution in [0.2, 0.25) is 0 Å². The fourth-order valence-corrected chi connectivity index (χ4v) is 5.00. The zero-order valence-electron chi connectivity index (χ0n) is 19.9. The normalized spacial score (nSPS) is 22.4. The molecule has 5 heterocycles. The molecule has 0 bridgehead atoms. The molecule has 6 rings (SSSR count). The number of benzene rings is 1. The maximum absolute atomic E-state index is 13.2. The third-order valence-corrected chi connectivity index (χ3v) is 6.99. The minimum Gasteiger partial charge on any atom is -0.463 e. The molecule has 1 unspecified atom stereocenters. The van der Waals surface area contributed by atoms with Gasteiger partial charge in [-0.3, -0.25) is 9.80 Å². The van der Waals surface area contributed by atoms with Gasteiger partial charge in [-0.1, -0.05) is 17.7 Å². The minimum atomic E-state index is -0.496. The lowest BCUT2D eigenvalue weighted by Crippen LogP contribution is -2.49. The standard InChI is InChI=1S/C24H29N9O2/c1-17-5-7-18(8-6-17)30-12-9-29(10-13-30)11-14-31-23-27-22-21(33(23)28(2)24(31)34)20(26-16-32(22)25)19-4-3-15-35-19/h3-8,15-16,23H,9-14,25H2,1-2H3. The number of hydrogen-bond donors (Lipinski definition) is 1. The van der Waals surface area contributed by atoms with Crippen molar-refractivity contribution in [3.05, 3.63) is 59.7 Å². The van der Waals surface area contributed by atoms with Crippen LogP contribution in [0, 0.1) is 6.92 Å². The molecule has 0 aliphatic carbocycles. The average Bonchev–Trinajstić information content (AvgIpc) is 3.58. The molecule has 4 aliphatic rings. The van der Waals surface area contributed by atoms with Crippen LogP contribution in [0.15, 0.2) is 62.8 Å². The number of nitrogens with two attached hydrogens (primary N) is 1. The molecule has 182 valence electrons. The Morgan fingerprint density at radius 2 is 1.86 bits per heavy atom. The van der Waals surface area contributed by atoms with Gasteiger partial charge in [0.2, 0.25) is 6.29 Å². The Morgan fingerprint density at radius 1 is 1.09 bits per heavy atom. The number of aryl methyl sites for hydroxylation is 1. The first-order valence-corrected chi connectivity index (χ1v) is 11.8. The van der Waals surface area contributed by atoms with Gasteiger partial charge in [-0.15, -0.1) is 0 Å². The number of carbonyl (C=O) groups excluding carboxylic acids is 1. The molecule has 2 N–H and O–H groups in total. The zero-order chi connectivity index (χ0) is 24.1. The SMILES string of the molecule is Cc1ccc(N2CCN(CCN3C(=O)N(C)N4C5=C(c6ccco6)N=CN(N)C5=NC34)CC2)cc1. The van der Waals surface area contributed by atoms with E-state index in [0.717, 1.165) is 32.7 Å². The molecule has 4 aliphatic heterocycles. The Morgan fingerprint density at radius 3 is 2.57 bits per heavy atom. The van der Waals surface area contributed by atoms with Crippen molar-refractivity contribution in [2.45, 2.75) is 13.2 Å². The topological polar surface area (TPSA) is 100 Å². The van der Waals surface area contributed by atoms with Gasteiger partial charge in [0.1, 0.15) is 17.7 Å². The van der Waals surface area contributed by atoms with E-state index in [1.54, 1.807) is 29.3 Å². The van der Waals surface area contributed by atoms with Gasteiger partial charge in [-0.05, 0) is 31.2 Å². The van der Waals surface area contributed by atoms with Crippen LogP contribution < -0.4 is 10.7 Å². The third-order valence-electron chi connectivity index (χ3n) is 6.99. The van der Waals surface area contributed by atoms with Crippen LogP contribution in [-0.4, -0.2) is 95.6 Å². The van der Waals surface area contributed by atoms with Crippen LogP contribution in [0.1, 0.15) is 11.3 Å². The molecule has 2 saturated heterocycles. The van der Waals surface area contributed by atoms with Crippen molar-refractivity contribution >= 4 is 29.6 Å². The molecule has 2 fully saturated rings. The zero-order valence-corrected chi connectivity index (χ0v) is 19.9. The first kappa shape index (κ1) is 21.7. The number of carbonyl (C=O) groups is 1. The van der Waals surface area contributed by atoms with Crippen molar-refractivity contribution in [3.63, 3.8) is 0 Å². The lowest BCUT2D eigenvalue weighted by molar-refractivity contribution is 0.0841. The Labute approximate surface area is 203 Å². The van der Waals surface area contributed by atoms with Gasteiger partial charge < -0.3 is 9.32 Å². The number of nitrogens with zero attached hydrogens (tertiary/aromatic N) is 8. The van der Waals surface area contributed by atoms with E-state index >= 15 is 0 Å². The number of anilines is 1. The second-order valence-corrected chi connectivity index (χ2v) is 9.13. The van der Waals surface area contributed by atoms with E-state index in [1.165, 1.54) is 22.6 Å². The number of hydrogen-bond acceptors (Lipinski definition) is 9. The van der Waals surface area contributed by atoms with Crippen molar-refractivity contribution in [2.24, 2.45) is 15.8 Å². The van der Waals surface area contributed by atoms with E-state index in [-0.39, 0.29) is 6.03 Å². The Hall–Kier alpha value is -3.83. The number of piperazine rings is 1. The third kappa shape index (κ3) is 3.63. The molecule has 35 heavy (non-hydrogen) atoms. The van der Waals surface area contributed by atoms with E-state index in [9.17, 15) is 4.79 Å². The summed E-state index contributed by atoms with van der Waals surface area (Å²) in [5.41, 5.74) is 3.81. The Balaban J connectivity index is 1.15. The van der Waals surface area contributed by atoms with E-state index in [0.29, 0.717) is 29.5 Å². The highest BCUT2D eigenvalue weighted by Gasteiger charge is 2.51. The quantitative estimate of drug-likeness (QED) is 0.656. The van der Waals surface area contributed by atoms with Crippen molar-refractivity contribution in [3.8, 4) is 0 Å². The molecule has 2 amide bonds. The number of hydrazine groups is 2. The molecule has 11 heteroatoms. The van der Waals surface area contributed by atoms with Gasteiger partial charge in [-0.2, -0.15) is 0 Å². The maximum atomic E-state index is 13.2. The van der Waals surface area contributed by atoms with Crippen molar-refractivity contribution in [2.75, 3.05) is 51.2 Å². The second-order valence-electron chi connectivity index (χ2n) is 9.13. The summed E-state index contributed by atoms with van der Waals surface area (Å²) in [7, 11) is 1.75. The maximum Gasteiger partial charge on any atom is 0.341 e. The van der Waals surface area contributed by atoms with Crippen LogP contribution in [-0.2, 0) is 0 Å². The van der Waals surface area contributed by atoms with E-state index in [1.807, 2.05) is 11.1 Å². The highest BCUT2D eigenvalue weighted by Crippen LogP contribution is 2.38. The first-order valence-electron chi connectivity index (χ1n) is 11.8. The van der Waals surface area contributed by atoms with Crippen LogP contribution in [0.4, 0.5) is 10.5 Å². The van der Waals surface area contributed by atoms with E-state index in [4.69, 9.17) is 15.3 Å². The summed E-state index contributed by atoms with van der Waals surface area (Å²) in [4.78, 5) is 29.1. The van der Waals surface area contributed by atoms with Crippen LogP contribution in [0.5, 0.6) is 0 Å². The molecular weight excluding hydrogens is 446 g/mol. The van der Waals surface area contributed by atoms with Crippen LogP contribution >= 0.6 is 0 Å². The molecule has 0 spiro atoms. The van der Waals surface area contributed by atoms with Crippen LogP contribution in [0.25, 0.3) is 5.70 Å². The summed E-state index contributed by atoms with van der Waals surface area (Å²) in [6, 6.07) is 12.2. The molecule has 1 aromatic heterocycles.